The molecular formula is C11H20O. The summed E-state index contributed by atoms with van der Waals surface area (Å²) in [6.07, 6.45) is 9.96. The average Bonchev–Trinajstić information content (AvgIpc) is 2.68. The zero-order valence-corrected chi connectivity index (χ0v) is 8.10. The van der Waals surface area contributed by atoms with Crippen LogP contribution >= 0.6 is 0 Å². The predicted molar refractivity (Wildman–Crippen MR) is 50.0 cm³/mol. The molecule has 0 saturated heterocycles. The van der Waals surface area contributed by atoms with E-state index in [1.165, 1.54) is 38.5 Å². The second-order valence-electron chi connectivity index (χ2n) is 4.80. The third-order valence-electron chi connectivity index (χ3n) is 4.00. The number of fused-ring (bicyclic) bond motifs is 1. The van der Waals surface area contributed by atoms with Gasteiger partial charge in [-0.25, -0.2) is 0 Å². The smallest absolute Gasteiger partial charge is 0.0711 e. The van der Waals surface area contributed by atoms with Crippen LogP contribution in [0.3, 0.4) is 0 Å². The molecule has 2 fully saturated rings. The first-order chi connectivity index (χ1) is 5.72. The van der Waals surface area contributed by atoms with Crippen molar-refractivity contribution in [3.05, 3.63) is 0 Å². The maximum Gasteiger partial charge on any atom is 0.0711 e. The van der Waals surface area contributed by atoms with Crippen molar-refractivity contribution < 1.29 is 5.11 Å². The van der Waals surface area contributed by atoms with E-state index < -0.39 is 0 Å². The van der Waals surface area contributed by atoms with Gasteiger partial charge in [0.25, 0.3) is 0 Å². The highest BCUT2D eigenvalue weighted by atomic mass is 16.3. The summed E-state index contributed by atoms with van der Waals surface area (Å²) >= 11 is 0. The SMILES string of the molecule is CCCC[C@@]12CCCC[C@]1(O)C2. The number of rotatable bonds is 3. The van der Waals surface area contributed by atoms with Gasteiger partial charge in [-0.15, -0.1) is 0 Å². The van der Waals surface area contributed by atoms with Crippen LogP contribution in [0.25, 0.3) is 0 Å². The lowest BCUT2D eigenvalue weighted by Gasteiger charge is -2.26. The minimum atomic E-state index is -0.208. The summed E-state index contributed by atoms with van der Waals surface area (Å²) in [7, 11) is 0. The van der Waals surface area contributed by atoms with Gasteiger partial charge in [0, 0.05) is 5.41 Å². The third-order valence-corrected chi connectivity index (χ3v) is 4.00. The van der Waals surface area contributed by atoms with Crippen LogP contribution in [0.15, 0.2) is 0 Å². The van der Waals surface area contributed by atoms with Gasteiger partial charge in [0.15, 0.2) is 0 Å². The van der Waals surface area contributed by atoms with Crippen LogP contribution in [0.2, 0.25) is 0 Å². The van der Waals surface area contributed by atoms with Gasteiger partial charge in [0.2, 0.25) is 0 Å². The van der Waals surface area contributed by atoms with Crippen LogP contribution in [0.1, 0.15) is 58.3 Å². The fraction of sp³-hybridized carbons (Fsp3) is 1.00. The van der Waals surface area contributed by atoms with Gasteiger partial charge in [0.1, 0.15) is 0 Å². The van der Waals surface area contributed by atoms with E-state index in [0.29, 0.717) is 5.41 Å². The molecule has 0 aromatic carbocycles. The Labute approximate surface area is 75.2 Å². The molecule has 2 saturated carbocycles. The minimum Gasteiger partial charge on any atom is -0.389 e. The summed E-state index contributed by atoms with van der Waals surface area (Å²) in [5.41, 5.74) is 0.182. The van der Waals surface area contributed by atoms with E-state index in [2.05, 4.69) is 6.92 Å². The first kappa shape index (κ1) is 8.55. The highest BCUT2D eigenvalue weighted by Gasteiger charge is 2.65. The van der Waals surface area contributed by atoms with Crippen molar-refractivity contribution in [1.29, 1.82) is 0 Å². The second-order valence-corrected chi connectivity index (χ2v) is 4.80. The van der Waals surface area contributed by atoms with Gasteiger partial charge in [-0.3, -0.25) is 0 Å². The highest BCUT2D eigenvalue weighted by Crippen LogP contribution is 2.66. The lowest BCUT2D eigenvalue weighted by atomic mass is 9.83. The Morgan fingerprint density at radius 3 is 2.67 bits per heavy atom. The summed E-state index contributed by atoms with van der Waals surface area (Å²) in [4.78, 5) is 0. The van der Waals surface area contributed by atoms with Crippen LogP contribution < -0.4 is 0 Å². The van der Waals surface area contributed by atoms with E-state index in [9.17, 15) is 5.11 Å². The molecule has 0 radical (unpaired) electrons. The molecule has 1 heteroatoms. The van der Waals surface area contributed by atoms with Crippen LogP contribution in [0.5, 0.6) is 0 Å². The van der Waals surface area contributed by atoms with Gasteiger partial charge >= 0.3 is 0 Å². The van der Waals surface area contributed by atoms with Crippen molar-refractivity contribution >= 4 is 0 Å². The van der Waals surface area contributed by atoms with Crippen molar-refractivity contribution in [2.45, 2.75) is 63.9 Å². The Hall–Kier alpha value is -0.0400. The number of unbranched alkanes of at least 4 members (excludes halogenated alkanes) is 1. The normalized spacial score (nSPS) is 45.5. The van der Waals surface area contributed by atoms with Crippen LogP contribution in [0.4, 0.5) is 0 Å². The van der Waals surface area contributed by atoms with E-state index in [-0.39, 0.29) is 5.60 Å². The standard InChI is InChI=1S/C11H20O/c1-2-3-6-10-7-4-5-8-11(10,12)9-10/h12H,2-9H2,1H3/t10-,11-/m0/s1. The molecule has 0 aromatic heterocycles. The fourth-order valence-electron chi connectivity index (χ4n) is 3.03. The number of hydrogen-bond acceptors (Lipinski definition) is 1. The quantitative estimate of drug-likeness (QED) is 0.687. The molecule has 2 aliphatic rings. The van der Waals surface area contributed by atoms with Crippen molar-refractivity contribution in [3.8, 4) is 0 Å². The van der Waals surface area contributed by atoms with Crippen LogP contribution in [-0.2, 0) is 0 Å². The molecule has 0 heterocycles. The largest absolute Gasteiger partial charge is 0.389 e. The minimum absolute atomic E-state index is 0.208. The Balaban J connectivity index is 1.94. The maximum absolute atomic E-state index is 10.1. The number of hydrogen-bond donors (Lipinski definition) is 1. The van der Waals surface area contributed by atoms with Gasteiger partial charge < -0.3 is 5.11 Å². The summed E-state index contributed by atoms with van der Waals surface area (Å²) in [6.45, 7) is 2.24. The molecule has 1 N–H and O–H groups in total. The average molecular weight is 168 g/mol. The van der Waals surface area contributed by atoms with E-state index in [1.807, 2.05) is 0 Å². The maximum atomic E-state index is 10.1. The molecule has 2 atom stereocenters. The summed E-state index contributed by atoms with van der Waals surface area (Å²) in [5, 5.41) is 10.1. The van der Waals surface area contributed by atoms with Crippen LogP contribution in [0, 0.1) is 5.41 Å². The molecule has 0 aliphatic heterocycles. The lowest BCUT2D eigenvalue weighted by Crippen LogP contribution is -2.24. The second kappa shape index (κ2) is 2.73. The van der Waals surface area contributed by atoms with Crippen molar-refractivity contribution in [2.75, 3.05) is 0 Å². The predicted octanol–water partition coefficient (Wildman–Crippen LogP) is 2.87. The first-order valence-electron chi connectivity index (χ1n) is 5.45. The van der Waals surface area contributed by atoms with E-state index in [0.717, 1.165) is 12.8 Å². The Morgan fingerprint density at radius 1 is 1.25 bits per heavy atom. The highest BCUT2D eigenvalue weighted by molar-refractivity contribution is 5.17. The summed E-state index contributed by atoms with van der Waals surface area (Å²) in [5.74, 6) is 0. The fourth-order valence-corrected chi connectivity index (χ4v) is 3.03. The molecular weight excluding hydrogens is 148 g/mol. The van der Waals surface area contributed by atoms with E-state index >= 15 is 0 Å². The van der Waals surface area contributed by atoms with Gasteiger partial charge in [-0.2, -0.15) is 0 Å². The van der Waals surface area contributed by atoms with Crippen molar-refractivity contribution in [1.82, 2.24) is 0 Å². The molecule has 1 nitrogen and oxygen atoms in total. The van der Waals surface area contributed by atoms with Gasteiger partial charge in [0.05, 0.1) is 5.60 Å². The van der Waals surface area contributed by atoms with E-state index in [1.54, 1.807) is 0 Å². The molecule has 0 spiro atoms. The zero-order valence-electron chi connectivity index (χ0n) is 8.10. The molecule has 0 aromatic rings. The molecule has 2 aliphatic carbocycles. The van der Waals surface area contributed by atoms with E-state index in [4.69, 9.17) is 0 Å². The molecule has 70 valence electrons. The molecule has 0 bridgehead atoms. The van der Waals surface area contributed by atoms with Crippen molar-refractivity contribution in [3.63, 3.8) is 0 Å². The molecule has 0 unspecified atom stereocenters. The summed E-state index contributed by atoms with van der Waals surface area (Å²) in [6, 6.07) is 0. The Morgan fingerprint density at radius 2 is 2.00 bits per heavy atom. The summed E-state index contributed by atoms with van der Waals surface area (Å²) < 4.78 is 0. The lowest BCUT2D eigenvalue weighted by molar-refractivity contribution is 0.0579. The van der Waals surface area contributed by atoms with Crippen molar-refractivity contribution in [2.24, 2.45) is 5.41 Å². The number of aliphatic hydroxyl groups is 1. The first-order valence-corrected chi connectivity index (χ1v) is 5.45. The molecule has 2 rings (SSSR count). The Kier molecular flexibility index (Phi) is 1.95. The zero-order chi connectivity index (χ0) is 8.66. The van der Waals surface area contributed by atoms with Gasteiger partial charge in [-0.1, -0.05) is 32.6 Å². The monoisotopic (exact) mass is 168 g/mol. The van der Waals surface area contributed by atoms with Gasteiger partial charge in [-0.05, 0) is 25.7 Å². The topological polar surface area (TPSA) is 20.2 Å². The molecule has 12 heavy (non-hydrogen) atoms. The molecule has 0 amide bonds. The third kappa shape index (κ3) is 1.10. The van der Waals surface area contributed by atoms with Crippen LogP contribution in [-0.4, -0.2) is 10.7 Å². The Bertz CT molecular complexity index is 174.